The monoisotopic (exact) mass is 519 g/mol. The number of nitrogens with zero attached hydrogens (tertiary/aromatic N) is 1. The largest absolute Gasteiger partial charge is 0.479 e. The molecule has 2 rings (SSSR count). The highest BCUT2D eigenvalue weighted by Crippen LogP contribution is 2.32. The second kappa shape index (κ2) is 13.2. The molecule has 1 fully saturated rings. The quantitative estimate of drug-likeness (QED) is 0.125. The molecule has 190 valence electrons. The van der Waals surface area contributed by atoms with Crippen molar-refractivity contribution in [3.05, 3.63) is 24.4 Å². The third-order valence-electron chi connectivity index (χ3n) is 5.10. The number of rotatable bonds is 12. The number of pyridine rings is 1. The van der Waals surface area contributed by atoms with Crippen LogP contribution in [0.1, 0.15) is 19.8 Å². The Morgan fingerprint density at radius 3 is 2.65 bits per heavy atom. The molecule has 0 saturated carbocycles. The zero-order valence-corrected chi connectivity index (χ0v) is 20.0. The van der Waals surface area contributed by atoms with Gasteiger partial charge >= 0.3 is 5.97 Å². The average Bonchev–Trinajstić information content (AvgIpc) is 2.81. The van der Waals surface area contributed by atoms with Crippen LogP contribution >= 0.6 is 21.6 Å². The predicted molar refractivity (Wildman–Crippen MR) is 123 cm³/mol. The Morgan fingerprint density at radius 2 is 2.03 bits per heavy atom. The van der Waals surface area contributed by atoms with Crippen molar-refractivity contribution >= 4 is 39.4 Å². The van der Waals surface area contributed by atoms with Gasteiger partial charge in [-0.2, -0.15) is 0 Å². The number of hydrogen-bond acceptors (Lipinski definition) is 11. The first-order valence-corrected chi connectivity index (χ1v) is 12.7. The number of nitrogens with one attached hydrogen (secondary N) is 2. The van der Waals surface area contributed by atoms with E-state index in [0.29, 0.717) is 5.75 Å². The second-order valence-corrected chi connectivity index (χ2v) is 10.3. The molecule has 1 aromatic heterocycles. The fraction of sp³-hybridized carbons (Fsp3) is 0.600. The predicted octanol–water partition coefficient (Wildman–Crippen LogP) is -1.48. The number of carboxylic acids is 1. The number of ether oxygens (including phenoxy) is 1. The van der Waals surface area contributed by atoms with E-state index in [2.05, 4.69) is 15.6 Å². The van der Waals surface area contributed by atoms with Crippen molar-refractivity contribution in [3.8, 4) is 0 Å². The Kier molecular flexibility index (Phi) is 11.0. The third kappa shape index (κ3) is 8.08. The molecule has 1 saturated heterocycles. The summed E-state index contributed by atoms with van der Waals surface area (Å²) in [7, 11) is 2.85. The first kappa shape index (κ1) is 28.3. The fourth-order valence-corrected chi connectivity index (χ4v) is 5.10. The maximum Gasteiger partial charge on any atom is 0.335 e. The molecule has 0 bridgehead atoms. The van der Waals surface area contributed by atoms with Crippen LogP contribution in [-0.4, -0.2) is 103 Å². The van der Waals surface area contributed by atoms with Crippen LogP contribution in [-0.2, 0) is 19.1 Å². The number of carbonyl (C=O) groups excluding carboxylic acids is 2. The fourth-order valence-electron chi connectivity index (χ4n) is 3.23. The van der Waals surface area contributed by atoms with E-state index in [1.165, 1.54) is 28.5 Å². The number of aromatic nitrogens is 1. The van der Waals surface area contributed by atoms with E-state index < -0.39 is 67.5 Å². The van der Waals surface area contributed by atoms with Crippen molar-refractivity contribution in [2.75, 3.05) is 18.9 Å². The average molecular weight is 520 g/mol. The normalized spacial score (nSPS) is 26.3. The molecule has 2 heterocycles. The van der Waals surface area contributed by atoms with Crippen LogP contribution in [0.5, 0.6) is 0 Å². The van der Waals surface area contributed by atoms with Gasteiger partial charge < -0.3 is 40.9 Å². The topological polar surface area (TPSA) is 199 Å². The Hall–Kier alpha value is -1.94. The summed E-state index contributed by atoms with van der Waals surface area (Å²) >= 11 is 0. The summed E-state index contributed by atoms with van der Waals surface area (Å²) in [5.74, 6) is -2.02. The minimum atomic E-state index is -1.89. The summed E-state index contributed by atoms with van der Waals surface area (Å²) in [6, 6.07) is 4.20. The van der Waals surface area contributed by atoms with Gasteiger partial charge in [-0.15, -0.1) is 0 Å². The molecule has 1 aliphatic rings. The van der Waals surface area contributed by atoms with Crippen LogP contribution in [0.2, 0.25) is 0 Å². The van der Waals surface area contributed by atoms with E-state index in [0.717, 1.165) is 5.03 Å². The zero-order valence-electron chi connectivity index (χ0n) is 18.4. The van der Waals surface area contributed by atoms with Crippen LogP contribution in [0, 0.1) is 0 Å². The highest BCUT2D eigenvalue weighted by Gasteiger charge is 2.52. The smallest absolute Gasteiger partial charge is 0.335 e. The zero-order chi connectivity index (χ0) is 25.3. The van der Waals surface area contributed by atoms with Crippen molar-refractivity contribution in [2.24, 2.45) is 0 Å². The summed E-state index contributed by atoms with van der Waals surface area (Å²) in [6.45, 7) is -0.0953. The van der Waals surface area contributed by atoms with Gasteiger partial charge in [-0.1, -0.05) is 16.9 Å². The molecule has 7 N–H and O–H groups in total. The Balaban J connectivity index is 1.86. The highest BCUT2D eigenvalue weighted by molar-refractivity contribution is 8.76. The Labute approximate surface area is 203 Å². The van der Waals surface area contributed by atoms with Gasteiger partial charge in [-0.3, -0.25) is 9.59 Å². The maximum absolute atomic E-state index is 12.4. The maximum atomic E-state index is 12.4. The van der Waals surface area contributed by atoms with Gasteiger partial charge in [-0.25, -0.2) is 9.78 Å². The van der Waals surface area contributed by atoms with E-state index >= 15 is 0 Å². The lowest BCUT2D eigenvalue weighted by molar-refractivity contribution is -0.224. The van der Waals surface area contributed by atoms with Gasteiger partial charge in [0.2, 0.25) is 11.8 Å². The van der Waals surface area contributed by atoms with Gasteiger partial charge in [0.1, 0.15) is 23.3 Å². The van der Waals surface area contributed by atoms with E-state index in [1.807, 2.05) is 12.1 Å². The molecule has 12 nitrogen and oxygen atoms in total. The summed E-state index contributed by atoms with van der Waals surface area (Å²) in [4.78, 5) is 40.1. The Bertz CT molecular complexity index is 835. The lowest BCUT2D eigenvalue weighted by Gasteiger charge is -2.45. The third-order valence-corrected chi connectivity index (χ3v) is 7.37. The molecule has 1 aliphatic heterocycles. The molecule has 1 aromatic rings. The van der Waals surface area contributed by atoms with Crippen molar-refractivity contribution < 1.29 is 44.7 Å². The number of aliphatic carboxylic acids is 1. The van der Waals surface area contributed by atoms with E-state index in [9.17, 15) is 34.8 Å². The molecular weight excluding hydrogens is 490 g/mol. The van der Waals surface area contributed by atoms with Gasteiger partial charge in [0.25, 0.3) is 0 Å². The van der Waals surface area contributed by atoms with Crippen LogP contribution in [0.25, 0.3) is 0 Å². The number of carboxylic acid groups (broad SMARTS) is 1. The first-order valence-electron chi connectivity index (χ1n) is 10.4. The number of amides is 2. The molecule has 2 unspecified atom stereocenters. The minimum Gasteiger partial charge on any atom is -0.479 e. The molecule has 0 radical (unpaired) electrons. The van der Waals surface area contributed by atoms with Crippen molar-refractivity contribution in [1.29, 1.82) is 0 Å². The van der Waals surface area contributed by atoms with E-state index in [-0.39, 0.29) is 12.3 Å². The van der Waals surface area contributed by atoms with E-state index in [1.54, 1.807) is 12.3 Å². The first-order chi connectivity index (χ1) is 16.1. The molecule has 6 atom stereocenters. The number of hydrogen-bond donors (Lipinski definition) is 7. The lowest BCUT2D eigenvalue weighted by atomic mass is 9.84. The van der Waals surface area contributed by atoms with E-state index in [4.69, 9.17) is 9.84 Å². The number of carbonyl (C=O) groups is 3. The number of aliphatic hydroxyl groups excluding tert-OH is 4. The van der Waals surface area contributed by atoms with Gasteiger partial charge in [0, 0.05) is 24.8 Å². The van der Waals surface area contributed by atoms with Crippen LogP contribution in [0.3, 0.4) is 0 Å². The molecular formula is C20H29N3O9S2. The second-order valence-electron chi connectivity index (χ2n) is 7.82. The number of aliphatic hydroxyl groups is 4. The summed E-state index contributed by atoms with van der Waals surface area (Å²) < 4.78 is 5.44. The van der Waals surface area contributed by atoms with Crippen LogP contribution in [0.15, 0.2) is 29.4 Å². The van der Waals surface area contributed by atoms with Gasteiger partial charge in [0.05, 0.1) is 25.3 Å². The Morgan fingerprint density at radius 1 is 1.29 bits per heavy atom. The van der Waals surface area contributed by atoms with Gasteiger partial charge in [-0.05, 0) is 29.9 Å². The van der Waals surface area contributed by atoms with Crippen LogP contribution < -0.4 is 10.6 Å². The molecule has 14 heteroatoms. The highest BCUT2D eigenvalue weighted by atomic mass is 33.1. The van der Waals surface area contributed by atoms with Crippen molar-refractivity contribution in [2.45, 2.75) is 60.9 Å². The van der Waals surface area contributed by atoms with Crippen LogP contribution in [0.4, 0.5) is 0 Å². The van der Waals surface area contributed by atoms with Crippen molar-refractivity contribution in [3.63, 3.8) is 0 Å². The lowest BCUT2D eigenvalue weighted by Crippen LogP contribution is -2.67. The molecule has 0 spiro atoms. The van der Waals surface area contributed by atoms with Gasteiger partial charge in [0.15, 0.2) is 5.60 Å². The van der Waals surface area contributed by atoms with Crippen molar-refractivity contribution in [1.82, 2.24) is 15.6 Å². The minimum absolute atomic E-state index is 0.147. The standard InChI is InChI=1S/C20H29N3O9S2/c1-20(19(30)31)8-11(25)16(18(32-20)17(29)12(26)10-24)23-14(28)9-22-13(27)5-7-33-34-15-4-2-3-6-21-15/h2-4,6,11-12,16-18,24-26,29H,5,7-10H2,1H3,(H,22,27)(H,23,28)(H,30,31)/t11?,12-,16-,17?,18-,20-/m1/s1. The SMILES string of the molecule is C[C@]1(C(=O)O)CC(O)[C@@H](NC(=O)CNC(=O)CCSSc2ccccn2)[C@H](C(O)[C@H](O)CO)O1. The molecule has 34 heavy (non-hydrogen) atoms. The summed E-state index contributed by atoms with van der Waals surface area (Å²) in [6.07, 6.45) is -5.07. The molecule has 2 amide bonds. The summed E-state index contributed by atoms with van der Waals surface area (Å²) in [5, 5.41) is 54.8. The molecule has 0 aliphatic carbocycles. The molecule has 0 aromatic carbocycles. The summed E-state index contributed by atoms with van der Waals surface area (Å²) in [5.41, 5.74) is -1.89.